The summed E-state index contributed by atoms with van der Waals surface area (Å²) in [5, 5.41) is 2.98. The van der Waals surface area contributed by atoms with Crippen LogP contribution >= 0.6 is 0 Å². The van der Waals surface area contributed by atoms with Gasteiger partial charge in [-0.15, -0.1) is 0 Å². The zero-order chi connectivity index (χ0) is 18.3. The number of anilines is 1. The minimum atomic E-state index is 0.00674. The molecule has 136 valence electrons. The number of amides is 1. The van der Waals surface area contributed by atoms with Gasteiger partial charge in [-0.3, -0.25) is 9.59 Å². The molecule has 5 heteroatoms. The van der Waals surface area contributed by atoms with Crippen molar-refractivity contribution in [3.05, 3.63) is 51.4 Å². The number of aromatic nitrogens is 1. The lowest BCUT2D eigenvalue weighted by Gasteiger charge is -2.27. The molecule has 0 atom stereocenters. The van der Waals surface area contributed by atoms with Crippen molar-refractivity contribution in [2.75, 3.05) is 5.32 Å². The molecule has 5 nitrogen and oxygen atoms in total. The van der Waals surface area contributed by atoms with Gasteiger partial charge in [0.2, 0.25) is 5.91 Å². The molecule has 1 aliphatic heterocycles. The third kappa shape index (κ3) is 3.19. The molecule has 2 aromatic rings. The van der Waals surface area contributed by atoms with E-state index in [-0.39, 0.29) is 11.5 Å². The number of carbonyl (C=O) groups excluding carboxylic acids is 1. The maximum absolute atomic E-state index is 12.1. The Morgan fingerprint density at radius 3 is 2.69 bits per heavy atom. The molecule has 0 saturated heterocycles. The summed E-state index contributed by atoms with van der Waals surface area (Å²) in [6.45, 7) is 2.39. The quantitative estimate of drug-likeness (QED) is 0.918. The number of pyridine rings is 1. The smallest absolute Gasteiger partial charge is 0.253 e. The van der Waals surface area contributed by atoms with E-state index in [1.165, 1.54) is 6.42 Å². The summed E-state index contributed by atoms with van der Waals surface area (Å²) in [6, 6.07) is 6.11. The molecule has 0 spiro atoms. The molecule has 1 N–H and O–H groups in total. The van der Waals surface area contributed by atoms with E-state index in [4.69, 9.17) is 4.74 Å². The first-order chi connectivity index (χ1) is 12.5. The van der Waals surface area contributed by atoms with Crippen molar-refractivity contribution in [2.45, 2.75) is 51.7 Å². The molecule has 1 aromatic carbocycles. The van der Waals surface area contributed by atoms with Crippen molar-refractivity contribution in [1.29, 1.82) is 0 Å². The Labute approximate surface area is 153 Å². The third-order valence-electron chi connectivity index (χ3n) is 5.42. The monoisotopic (exact) mass is 352 g/mol. The molecular weight excluding hydrogens is 328 g/mol. The highest BCUT2D eigenvalue weighted by molar-refractivity contribution is 5.95. The van der Waals surface area contributed by atoms with Crippen LogP contribution in [-0.2, 0) is 29.6 Å². The van der Waals surface area contributed by atoms with E-state index >= 15 is 0 Å². The summed E-state index contributed by atoms with van der Waals surface area (Å²) in [4.78, 5) is 23.8. The lowest BCUT2D eigenvalue weighted by molar-refractivity contribution is -0.116. The molecule has 26 heavy (non-hydrogen) atoms. The normalized spacial score (nSPS) is 16.8. The number of ether oxygens (including phenoxy) is 1. The van der Waals surface area contributed by atoms with Gasteiger partial charge in [0.25, 0.3) is 5.56 Å². The first-order valence-corrected chi connectivity index (χ1v) is 9.26. The number of rotatable bonds is 4. The highest BCUT2D eigenvalue weighted by atomic mass is 16.5. The number of nitrogens with one attached hydrogen (secondary N) is 1. The summed E-state index contributed by atoms with van der Waals surface area (Å²) in [5.74, 6) is 0.0542. The van der Waals surface area contributed by atoms with E-state index in [9.17, 15) is 9.59 Å². The first kappa shape index (κ1) is 17.0. The van der Waals surface area contributed by atoms with Gasteiger partial charge in [-0.25, -0.2) is 0 Å². The van der Waals surface area contributed by atoms with Crippen LogP contribution in [0.4, 0.5) is 5.69 Å². The second-order valence-electron chi connectivity index (χ2n) is 7.41. The van der Waals surface area contributed by atoms with E-state index < -0.39 is 0 Å². The van der Waals surface area contributed by atoms with Crippen molar-refractivity contribution in [1.82, 2.24) is 4.57 Å². The fourth-order valence-electron chi connectivity index (χ4n) is 3.64. The van der Waals surface area contributed by atoms with Gasteiger partial charge in [0, 0.05) is 30.9 Å². The van der Waals surface area contributed by atoms with Crippen molar-refractivity contribution in [2.24, 2.45) is 7.05 Å². The molecule has 0 radical (unpaired) electrons. The lowest BCUT2D eigenvalue weighted by atomic mass is 9.92. The minimum absolute atomic E-state index is 0.00674. The highest BCUT2D eigenvalue weighted by Crippen LogP contribution is 2.34. The minimum Gasteiger partial charge on any atom is -0.374 e. The molecule has 1 saturated carbocycles. The van der Waals surface area contributed by atoms with Crippen LogP contribution in [0.2, 0.25) is 0 Å². The van der Waals surface area contributed by atoms with Gasteiger partial charge in [0.15, 0.2) is 0 Å². The Morgan fingerprint density at radius 2 is 2.00 bits per heavy atom. The van der Waals surface area contributed by atoms with Crippen molar-refractivity contribution in [3.8, 4) is 11.1 Å². The Morgan fingerprint density at radius 1 is 1.19 bits per heavy atom. The van der Waals surface area contributed by atoms with E-state index in [1.54, 1.807) is 11.6 Å². The van der Waals surface area contributed by atoms with Crippen LogP contribution in [0.3, 0.4) is 0 Å². The van der Waals surface area contributed by atoms with Gasteiger partial charge >= 0.3 is 0 Å². The average molecular weight is 352 g/mol. The molecule has 2 heterocycles. The van der Waals surface area contributed by atoms with Crippen LogP contribution < -0.4 is 10.9 Å². The Hall–Kier alpha value is -2.40. The number of hydrogen-bond acceptors (Lipinski definition) is 3. The number of nitrogens with zero attached hydrogens (tertiary/aromatic N) is 1. The molecule has 4 rings (SSSR count). The number of aryl methyl sites for hydroxylation is 3. The van der Waals surface area contributed by atoms with Gasteiger partial charge in [-0.05, 0) is 67.0 Å². The fraction of sp³-hybridized carbons (Fsp3) is 0.429. The van der Waals surface area contributed by atoms with Gasteiger partial charge < -0.3 is 14.6 Å². The predicted octanol–water partition coefficient (Wildman–Crippen LogP) is 3.31. The van der Waals surface area contributed by atoms with Gasteiger partial charge in [-0.2, -0.15) is 0 Å². The SMILES string of the molecule is Cc1cc(-c2cc3c(cc2COC2CCC2)CCC(=O)N3)cn(C)c1=O. The van der Waals surface area contributed by atoms with E-state index in [0.29, 0.717) is 24.7 Å². The van der Waals surface area contributed by atoms with Crippen molar-refractivity contribution < 1.29 is 9.53 Å². The largest absolute Gasteiger partial charge is 0.374 e. The Bertz CT molecular complexity index is 899. The number of fused-ring (bicyclic) bond motifs is 1. The summed E-state index contributed by atoms with van der Waals surface area (Å²) < 4.78 is 7.68. The molecule has 0 unspecified atom stereocenters. The van der Waals surface area contributed by atoms with Crippen LogP contribution in [0.25, 0.3) is 11.1 Å². The first-order valence-electron chi connectivity index (χ1n) is 9.26. The van der Waals surface area contributed by atoms with Gasteiger partial charge in [0.05, 0.1) is 12.7 Å². The molecule has 0 bridgehead atoms. The highest BCUT2D eigenvalue weighted by Gasteiger charge is 2.21. The number of carbonyl (C=O) groups is 1. The van der Waals surface area contributed by atoms with E-state index in [1.807, 2.05) is 25.3 Å². The number of hydrogen-bond donors (Lipinski definition) is 1. The predicted molar refractivity (Wildman–Crippen MR) is 101 cm³/mol. The van der Waals surface area contributed by atoms with E-state index in [0.717, 1.165) is 47.2 Å². The summed E-state index contributed by atoms with van der Waals surface area (Å²) in [6.07, 6.45) is 7.01. The zero-order valence-corrected chi connectivity index (χ0v) is 15.3. The van der Waals surface area contributed by atoms with Gasteiger partial charge in [-0.1, -0.05) is 6.07 Å². The lowest BCUT2D eigenvalue weighted by Crippen LogP contribution is -2.22. The second-order valence-corrected chi connectivity index (χ2v) is 7.41. The molecule has 1 aromatic heterocycles. The molecule has 1 aliphatic carbocycles. The molecular formula is C21H24N2O3. The third-order valence-corrected chi connectivity index (χ3v) is 5.42. The van der Waals surface area contributed by atoms with Gasteiger partial charge in [0.1, 0.15) is 0 Å². The van der Waals surface area contributed by atoms with Crippen molar-refractivity contribution >= 4 is 11.6 Å². The number of benzene rings is 1. The molecule has 2 aliphatic rings. The standard InChI is InChI=1S/C21H24N2O3/c1-13-8-15(11-23(2)21(13)25)18-10-19-14(6-7-20(24)22-19)9-16(18)12-26-17-4-3-5-17/h8-11,17H,3-7,12H2,1-2H3,(H,22,24). The second kappa shape index (κ2) is 6.72. The Kier molecular flexibility index (Phi) is 4.41. The van der Waals surface area contributed by atoms with Crippen LogP contribution in [-0.4, -0.2) is 16.6 Å². The van der Waals surface area contributed by atoms with Crippen LogP contribution in [0.1, 0.15) is 42.4 Å². The maximum Gasteiger partial charge on any atom is 0.253 e. The molecule has 1 amide bonds. The average Bonchev–Trinajstić information content (AvgIpc) is 2.57. The summed E-state index contributed by atoms with van der Waals surface area (Å²) >= 11 is 0. The fourth-order valence-corrected chi connectivity index (χ4v) is 3.64. The maximum atomic E-state index is 12.1. The van der Waals surface area contributed by atoms with Crippen molar-refractivity contribution in [3.63, 3.8) is 0 Å². The Balaban J connectivity index is 1.78. The summed E-state index contributed by atoms with van der Waals surface area (Å²) in [7, 11) is 1.77. The van der Waals surface area contributed by atoms with Crippen LogP contribution in [0.5, 0.6) is 0 Å². The molecule has 1 fully saturated rings. The van der Waals surface area contributed by atoms with Crippen LogP contribution in [0, 0.1) is 6.92 Å². The topological polar surface area (TPSA) is 60.3 Å². The zero-order valence-electron chi connectivity index (χ0n) is 15.3. The van der Waals surface area contributed by atoms with Crippen LogP contribution in [0.15, 0.2) is 29.2 Å². The summed E-state index contributed by atoms with van der Waals surface area (Å²) in [5.41, 5.74) is 5.84. The van der Waals surface area contributed by atoms with E-state index in [2.05, 4.69) is 11.4 Å².